The van der Waals surface area contributed by atoms with Crippen LogP contribution in [0.3, 0.4) is 0 Å². The highest BCUT2D eigenvalue weighted by Crippen LogP contribution is 2.54. The molecular weight excluding hydrogens is 524 g/mol. The van der Waals surface area contributed by atoms with Crippen LogP contribution in [0, 0.1) is 17.3 Å². The van der Waals surface area contributed by atoms with E-state index in [0.717, 1.165) is 6.42 Å². The highest BCUT2D eigenvalue weighted by molar-refractivity contribution is 4.98. The lowest BCUT2D eigenvalue weighted by Crippen LogP contribution is -2.57. The molecule has 246 valence electrons. The van der Waals surface area contributed by atoms with E-state index < -0.39 is 39.4 Å². The molecule has 0 radical (unpaired) electrons. The van der Waals surface area contributed by atoms with E-state index in [0.29, 0.717) is 25.7 Å². The predicted molar refractivity (Wildman–Crippen MR) is 162 cm³/mol. The lowest BCUT2D eigenvalue weighted by molar-refractivity contribution is -0.564. The highest BCUT2D eigenvalue weighted by atomic mass is 17.3. The first kappa shape index (κ1) is 38.7. The fourth-order valence-electron chi connectivity index (χ4n) is 4.98. The molecule has 0 heterocycles. The maximum Gasteiger partial charge on any atom is 0.237 e. The molecule has 8 heteroatoms. The first-order chi connectivity index (χ1) is 18.0. The van der Waals surface area contributed by atoms with Crippen molar-refractivity contribution in [3.8, 4) is 0 Å². The Morgan fingerprint density at radius 1 is 0.561 bits per heavy atom. The second-order valence-electron chi connectivity index (χ2n) is 18.0. The monoisotopic (exact) mass is 590 g/mol. The van der Waals surface area contributed by atoms with Gasteiger partial charge in [-0.3, -0.25) is 0 Å². The highest BCUT2D eigenvalue weighted by Gasteiger charge is 2.57. The van der Waals surface area contributed by atoms with E-state index in [1.54, 1.807) is 0 Å². The fraction of sp³-hybridized carbons (Fsp3) is 1.00. The van der Waals surface area contributed by atoms with E-state index in [1.807, 2.05) is 96.9 Å². The third kappa shape index (κ3) is 15.3. The van der Waals surface area contributed by atoms with Gasteiger partial charge in [0.1, 0.15) is 5.60 Å². The summed E-state index contributed by atoms with van der Waals surface area (Å²) in [5, 5.41) is 0. The van der Waals surface area contributed by atoms with Crippen molar-refractivity contribution in [2.75, 3.05) is 0 Å². The van der Waals surface area contributed by atoms with Gasteiger partial charge in [-0.05, 0) is 141 Å². The van der Waals surface area contributed by atoms with E-state index in [2.05, 4.69) is 27.7 Å². The van der Waals surface area contributed by atoms with Crippen LogP contribution in [-0.2, 0) is 39.1 Å². The largest absolute Gasteiger partial charge is 0.237 e. The van der Waals surface area contributed by atoms with Crippen LogP contribution >= 0.6 is 0 Å². The SMILES string of the molecule is CC1CC(C)(C)CC(OOC(C)(C)C)(OOC(C)(C)C)C1CC(C)(CCC(C)(C)OOC(C)(C)C)OOC(C)(C)C. The van der Waals surface area contributed by atoms with E-state index in [-0.39, 0.29) is 17.3 Å². The van der Waals surface area contributed by atoms with Gasteiger partial charge in [-0.2, -0.15) is 9.78 Å². The van der Waals surface area contributed by atoms with Gasteiger partial charge in [-0.1, -0.05) is 20.8 Å². The first-order valence-electron chi connectivity index (χ1n) is 15.4. The van der Waals surface area contributed by atoms with E-state index in [9.17, 15) is 0 Å². The number of hydrogen-bond donors (Lipinski definition) is 0. The van der Waals surface area contributed by atoms with Crippen LogP contribution in [0.5, 0.6) is 0 Å². The maximum absolute atomic E-state index is 6.37. The fourth-order valence-corrected chi connectivity index (χ4v) is 4.98. The molecule has 0 aromatic heterocycles. The van der Waals surface area contributed by atoms with Crippen LogP contribution < -0.4 is 0 Å². The van der Waals surface area contributed by atoms with E-state index in [4.69, 9.17) is 39.1 Å². The predicted octanol–water partition coefficient (Wildman–Crippen LogP) is 9.45. The average Bonchev–Trinajstić information content (AvgIpc) is 2.73. The molecule has 0 bridgehead atoms. The molecule has 8 nitrogen and oxygen atoms in total. The number of rotatable bonds is 13. The molecule has 0 spiro atoms. The molecule has 0 aromatic carbocycles. The van der Waals surface area contributed by atoms with Gasteiger partial charge in [0.25, 0.3) is 0 Å². The normalized spacial score (nSPS) is 23.9. The summed E-state index contributed by atoms with van der Waals surface area (Å²) in [5.74, 6) is -1.10. The molecule has 1 saturated carbocycles. The van der Waals surface area contributed by atoms with Crippen LogP contribution in [0.15, 0.2) is 0 Å². The third-order valence-electron chi connectivity index (χ3n) is 6.63. The Morgan fingerprint density at radius 2 is 0.976 bits per heavy atom. The van der Waals surface area contributed by atoms with Crippen molar-refractivity contribution in [2.24, 2.45) is 17.3 Å². The van der Waals surface area contributed by atoms with Crippen LogP contribution in [0.25, 0.3) is 0 Å². The van der Waals surface area contributed by atoms with Crippen LogP contribution in [0.2, 0.25) is 0 Å². The molecule has 1 fully saturated rings. The Balaban J connectivity index is 3.48. The minimum absolute atomic E-state index is 0.0717. The molecule has 1 aliphatic rings. The molecule has 0 aromatic rings. The molecule has 3 atom stereocenters. The van der Waals surface area contributed by atoms with Gasteiger partial charge < -0.3 is 0 Å². The average molecular weight is 591 g/mol. The summed E-state index contributed by atoms with van der Waals surface area (Å²) in [4.78, 5) is 48.6. The summed E-state index contributed by atoms with van der Waals surface area (Å²) >= 11 is 0. The van der Waals surface area contributed by atoms with Gasteiger partial charge in [-0.15, -0.1) is 0 Å². The van der Waals surface area contributed by atoms with Crippen LogP contribution in [0.4, 0.5) is 0 Å². The van der Waals surface area contributed by atoms with Gasteiger partial charge in [0.2, 0.25) is 5.79 Å². The molecule has 0 aliphatic heterocycles. The Hall–Kier alpha value is -0.320. The molecule has 3 unspecified atom stereocenters. The molecule has 0 saturated heterocycles. The van der Waals surface area contributed by atoms with Gasteiger partial charge in [0, 0.05) is 12.3 Å². The van der Waals surface area contributed by atoms with Crippen molar-refractivity contribution in [2.45, 2.75) is 196 Å². The molecule has 41 heavy (non-hydrogen) atoms. The van der Waals surface area contributed by atoms with E-state index >= 15 is 0 Å². The smallest absolute Gasteiger partial charge is 0.230 e. The van der Waals surface area contributed by atoms with Crippen LogP contribution in [0.1, 0.15) is 157 Å². The summed E-state index contributed by atoms with van der Waals surface area (Å²) in [6, 6.07) is 0. The van der Waals surface area contributed by atoms with Gasteiger partial charge in [0.15, 0.2) is 0 Å². The van der Waals surface area contributed by atoms with Crippen molar-refractivity contribution in [1.29, 1.82) is 0 Å². The molecule has 1 aliphatic carbocycles. The Bertz CT molecular complexity index is 776. The van der Waals surface area contributed by atoms with Crippen molar-refractivity contribution >= 4 is 0 Å². The van der Waals surface area contributed by atoms with Crippen molar-refractivity contribution in [3.63, 3.8) is 0 Å². The van der Waals surface area contributed by atoms with Crippen LogP contribution in [-0.4, -0.2) is 39.4 Å². The minimum Gasteiger partial charge on any atom is -0.230 e. The van der Waals surface area contributed by atoms with Gasteiger partial charge in [-0.25, -0.2) is 29.3 Å². The standard InChI is InChI=1S/C33H66O8/c1-24-21-30(14,15)23-33(40-36-28(8,9)10,41-37-29(11,12)13)25(24)22-32(18,39-35-27(5,6)7)20-19-31(16,17)38-34-26(2,3)4/h24-25H,19-23H2,1-18H3. The summed E-state index contributed by atoms with van der Waals surface area (Å²) in [6.07, 6.45) is 3.47. The first-order valence-corrected chi connectivity index (χ1v) is 15.4. The van der Waals surface area contributed by atoms with Crippen molar-refractivity contribution in [1.82, 2.24) is 0 Å². The summed E-state index contributed by atoms with van der Waals surface area (Å²) in [6.45, 7) is 36.5. The maximum atomic E-state index is 6.37. The Kier molecular flexibility index (Phi) is 12.6. The van der Waals surface area contributed by atoms with E-state index in [1.165, 1.54) is 0 Å². The molecular formula is C33H66O8. The zero-order chi connectivity index (χ0) is 32.3. The quantitative estimate of drug-likeness (QED) is 0.119. The lowest BCUT2D eigenvalue weighted by atomic mass is 9.62. The topological polar surface area (TPSA) is 73.8 Å². The third-order valence-corrected chi connectivity index (χ3v) is 6.63. The second kappa shape index (κ2) is 13.4. The molecule has 1 rings (SSSR count). The Labute approximate surface area is 252 Å². The van der Waals surface area contributed by atoms with Gasteiger partial charge in [0.05, 0.1) is 28.0 Å². The zero-order valence-electron chi connectivity index (χ0n) is 30.0. The zero-order valence-corrected chi connectivity index (χ0v) is 30.0. The number of hydrogen-bond acceptors (Lipinski definition) is 8. The van der Waals surface area contributed by atoms with Crippen molar-refractivity contribution < 1.29 is 39.1 Å². The summed E-state index contributed by atoms with van der Waals surface area (Å²) < 4.78 is 0. The second-order valence-corrected chi connectivity index (χ2v) is 18.0. The van der Waals surface area contributed by atoms with Gasteiger partial charge >= 0.3 is 0 Å². The Morgan fingerprint density at radius 3 is 1.39 bits per heavy atom. The summed E-state index contributed by atoms with van der Waals surface area (Å²) in [5.41, 5.74) is -3.32. The minimum atomic E-state index is -1.17. The molecule has 0 N–H and O–H groups in total. The van der Waals surface area contributed by atoms with Crippen molar-refractivity contribution in [3.05, 3.63) is 0 Å². The lowest BCUT2D eigenvalue weighted by Gasteiger charge is -2.52. The summed E-state index contributed by atoms with van der Waals surface area (Å²) in [7, 11) is 0. The molecule has 0 amide bonds.